The quantitative estimate of drug-likeness (QED) is 0.0645. The Hall–Kier alpha value is -4.42. The van der Waals surface area contributed by atoms with Crippen molar-refractivity contribution in [3.63, 3.8) is 0 Å². The first kappa shape index (κ1) is 40.2. The number of hydrogen-bond donors (Lipinski definition) is 6. The third-order valence-corrected chi connectivity index (χ3v) is 11.9. The van der Waals surface area contributed by atoms with Gasteiger partial charge in [-0.1, -0.05) is 23.7 Å². The fourth-order valence-corrected chi connectivity index (χ4v) is 8.60. The van der Waals surface area contributed by atoms with Gasteiger partial charge in [0.05, 0.1) is 33.7 Å². The van der Waals surface area contributed by atoms with Gasteiger partial charge in [0.15, 0.2) is 12.4 Å². The number of aromatic hydroxyl groups is 1. The maximum atomic E-state index is 13.3. The number of nitrogens with zero attached hydrogens (tertiary/aromatic N) is 1. The molecule has 6 rings (SSSR count). The number of rotatable bonds is 15. The average Bonchev–Trinajstić information content (AvgIpc) is 3.93. The van der Waals surface area contributed by atoms with E-state index >= 15 is 0 Å². The van der Waals surface area contributed by atoms with E-state index in [2.05, 4.69) is 20.9 Å². The van der Waals surface area contributed by atoms with Crippen LogP contribution in [0.3, 0.4) is 0 Å². The van der Waals surface area contributed by atoms with Crippen molar-refractivity contribution in [2.75, 3.05) is 51.1 Å². The van der Waals surface area contributed by atoms with E-state index in [0.29, 0.717) is 51.7 Å². The first-order chi connectivity index (χ1) is 26.5. The normalized spacial score (nSPS) is 17.5. The SMILES string of the molecule is COc1cc(NC(=O)OCCN(C)C2CCC(OC(=O)C(O)(c3cccs3)c3cccs3)CC2)c(Cl)cc1CNC[C@H](O)c1ccc(O)c2c1OCC(=O)N2. The fourth-order valence-electron chi connectivity index (χ4n) is 6.66. The molecule has 14 nitrogen and oxygen atoms in total. The van der Waals surface area contributed by atoms with Gasteiger partial charge in [-0.15, -0.1) is 22.7 Å². The van der Waals surface area contributed by atoms with Gasteiger partial charge < -0.3 is 49.8 Å². The Bertz CT molecular complexity index is 1920. The molecular weight excluding hydrogens is 772 g/mol. The highest BCUT2D eigenvalue weighted by Gasteiger charge is 2.45. The van der Waals surface area contributed by atoms with Gasteiger partial charge in [-0.3, -0.25) is 10.1 Å². The van der Waals surface area contributed by atoms with Crippen LogP contribution in [0.25, 0.3) is 0 Å². The molecule has 2 aliphatic rings. The highest BCUT2D eigenvalue weighted by molar-refractivity contribution is 7.12. The molecule has 1 fully saturated rings. The second-order valence-electron chi connectivity index (χ2n) is 13.2. The number of phenols is 1. The Morgan fingerprint density at radius 3 is 2.47 bits per heavy atom. The molecule has 0 saturated heterocycles. The number of carbonyl (C=O) groups excluding carboxylic acids is 3. The number of aliphatic hydroxyl groups excluding tert-OH is 1. The van der Waals surface area contributed by atoms with E-state index in [1.807, 2.05) is 17.8 Å². The maximum Gasteiger partial charge on any atom is 0.411 e. The number of anilines is 2. The molecule has 2 aromatic carbocycles. The number of amides is 2. The van der Waals surface area contributed by atoms with E-state index < -0.39 is 29.7 Å². The lowest BCUT2D eigenvalue weighted by Crippen LogP contribution is -2.42. The minimum absolute atomic E-state index is 0.0985. The van der Waals surface area contributed by atoms with Crippen LogP contribution in [0.2, 0.25) is 5.02 Å². The van der Waals surface area contributed by atoms with Crippen molar-refractivity contribution >= 4 is 63.6 Å². The second kappa shape index (κ2) is 18.0. The number of carbonyl (C=O) groups is 3. The van der Waals surface area contributed by atoms with Crippen LogP contribution in [-0.4, -0.2) is 90.8 Å². The lowest BCUT2D eigenvalue weighted by Gasteiger charge is -2.35. The first-order valence-corrected chi connectivity index (χ1v) is 19.8. The van der Waals surface area contributed by atoms with Crippen molar-refractivity contribution in [2.24, 2.45) is 0 Å². The van der Waals surface area contributed by atoms with E-state index in [-0.39, 0.29) is 60.7 Å². The van der Waals surface area contributed by atoms with Gasteiger partial charge in [0.1, 0.15) is 29.9 Å². The standard InChI is InChI=1S/C38H43ClN4O10S2/c1-43(23-7-9-24(10-8-23)53-36(47)38(49,31-5-3-15-54-31)32-6-4-16-55-32)13-14-51-37(48)41-27-18-30(50-2)22(17-26(27)39)19-40-20-29(45)25-11-12-28(44)34-35(25)52-21-33(46)42-34/h3-6,11-12,15-18,23-24,29,40,44-45,49H,7-10,13-14,19-21H2,1-2H3,(H,41,48)(H,42,46)/t23?,24?,29-/m0/s1. The van der Waals surface area contributed by atoms with Crippen molar-refractivity contribution in [1.82, 2.24) is 10.2 Å². The van der Waals surface area contributed by atoms with Crippen molar-refractivity contribution in [1.29, 1.82) is 0 Å². The number of ether oxygens (including phenoxy) is 4. The minimum atomic E-state index is -1.83. The van der Waals surface area contributed by atoms with Gasteiger partial charge in [-0.05, 0) is 73.8 Å². The van der Waals surface area contributed by atoms with E-state index in [1.54, 1.807) is 36.4 Å². The third-order valence-electron chi connectivity index (χ3n) is 9.67. The number of phenolic OH excluding ortho intramolecular Hbond substituents is 1. The molecule has 1 atom stereocenters. The number of fused-ring (bicyclic) bond motifs is 1. The molecule has 2 amide bonds. The minimum Gasteiger partial charge on any atom is -0.506 e. The summed E-state index contributed by atoms with van der Waals surface area (Å²) < 4.78 is 22.3. The summed E-state index contributed by atoms with van der Waals surface area (Å²) in [4.78, 5) is 40.9. The molecule has 55 heavy (non-hydrogen) atoms. The Morgan fingerprint density at radius 1 is 1.11 bits per heavy atom. The van der Waals surface area contributed by atoms with Crippen LogP contribution in [0.15, 0.2) is 59.3 Å². The smallest absolute Gasteiger partial charge is 0.411 e. The van der Waals surface area contributed by atoms with Crippen molar-refractivity contribution < 1.29 is 48.7 Å². The molecule has 0 unspecified atom stereocenters. The van der Waals surface area contributed by atoms with Crippen LogP contribution in [-0.2, 0) is 31.2 Å². The summed E-state index contributed by atoms with van der Waals surface area (Å²) in [6.07, 6.45) is 0.839. The molecule has 1 aliphatic carbocycles. The van der Waals surface area contributed by atoms with Crippen LogP contribution in [0.4, 0.5) is 16.2 Å². The Labute approximate surface area is 330 Å². The van der Waals surface area contributed by atoms with Crippen molar-refractivity contribution in [3.8, 4) is 17.2 Å². The number of benzene rings is 2. The van der Waals surface area contributed by atoms with Gasteiger partial charge in [0.2, 0.25) is 5.60 Å². The number of esters is 1. The van der Waals surface area contributed by atoms with E-state index in [4.69, 9.17) is 30.5 Å². The summed E-state index contributed by atoms with van der Waals surface area (Å²) in [6, 6.07) is 13.4. The van der Waals surface area contributed by atoms with E-state index in [1.165, 1.54) is 41.9 Å². The van der Waals surface area contributed by atoms with Gasteiger partial charge in [0.25, 0.3) is 5.91 Å². The number of likely N-dealkylation sites (N-methyl/N-ethyl adjacent to an activating group) is 1. The van der Waals surface area contributed by atoms with Crippen LogP contribution < -0.4 is 25.4 Å². The fraction of sp³-hybridized carbons (Fsp3) is 0.395. The van der Waals surface area contributed by atoms with E-state index in [0.717, 1.165) is 12.8 Å². The number of halogens is 1. The molecule has 0 spiro atoms. The zero-order chi connectivity index (χ0) is 39.1. The molecule has 0 radical (unpaired) electrons. The van der Waals surface area contributed by atoms with Crippen LogP contribution in [0, 0.1) is 0 Å². The largest absolute Gasteiger partial charge is 0.506 e. The highest BCUT2D eigenvalue weighted by atomic mass is 35.5. The van der Waals surface area contributed by atoms with Crippen LogP contribution in [0.5, 0.6) is 17.2 Å². The molecular formula is C38H43ClN4O10S2. The molecule has 6 N–H and O–H groups in total. The predicted octanol–water partition coefficient (Wildman–Crippen LogP) is 5.60. The van der Waals surface area contributed by atoms with Crippen LogP contribution >= 0.6 is 34.3 Å². The monoisotopic (exact) mass is 814 g/mol. The van der Waals surface area contributed by atoms with Gasteiger partial charge >= 0.3 is 12.1 Å². The molecule has 294 valence electrons. The average molecular weight is 815 g/mol. The molecule has 4 aromatic rings. The number of thiophene rings is 2. The lowest BCUT2D eigenvalue weighted by atomic mass is 9.91. The summed E-state index contributed by atoms with van der Waals surface area (Å²) in [5.41, 5.74) is -0.348. The molecule has 2 aromatic heterocycles. The number of methoxy groups -OCH3 is 1. The molecule has 1 aliphatic heterocycles. The first-order valence-electron chi connectivity index (χ1n) is 17.7. The highest BCUT2D eigenvalue weighted by Crippen LogP contribution is 2.42. The van der Waals surface area contributed by atoms with Gasteiger partial charge in [-0.25, -0.2) is 9.59 Å². The molecule has 3 heterocycles. The summed E-state index contributed by atoms with van der Waals surface area (Å²) >= 11 is 9.15. The van der Waals surface area contributed by atoms with Gasteiger partial charge in [-0.2, -0.15) is 0 Å². The summed E-state index contributed by atoms with van der Waals surface area (Å²) in [5, 5.41) is 44.7. The van der Waals surface area contributed by atoms with E-state index in [9.17, 15) is 29.7 Å². The zero-order valence-corrected chi connectivity index (χ0v) is 32.6. The lowest BCUT2D eigenvalue weighted by molar-refractivity contribution is -0.169. The Kier molecular flexibility index (Phi) is 13.2. The maximum absolute atomic E-state index is 13.3. The number of hydrogen-bond acceptors (Lipinski definition) is 14. The zero-order valence-electron chi connectivity index (χ0n) is 30.2. The Balaban J connectivity index is 0.933. The third kappa shape index (κ3) is 9.35. The predicted molar refractivity (Wildman–Crippen MR) is 208 cm³/mol. The van der Waals surface area contributed by atoms with Gasteiger partial charge in [0, 0.05) is 42.9 Å². The number of nitrogens with one attached hydrogen (secondary N) is 3. The number of aliphatic hydroxyl groups is 2. The summed E-state index contributed by atoms with van der Waals surface area (Å²) in [7, 11) is 3.45. The summed E-state index contributed by atoms with van der Waals surface area (Å²) in [5.74, 6) is -0.574. The molecule has 17 heteroatoms. The second-order valence-corrected chi connectivity index (χ2v) is 15.6. The topological polar surface area (TPSA) is 188 Å². The van der Waals surface area contributed by atoms with Crippen molar-refractivity contribution in [2.45, 2.75) is 56.1 Å². The summed E-state index contributed by atoms with van der Waals surface area (Å²) in [6.45, 7) is 0.744. The van der Waals surface area contributed by atoms with Crippen LogP contribution in [0.1, 0.15) is 52.7 Å². The van der Waals surface area contributed by atoms with Crippen molar-refractivity contribution in [3.05, 3.63) is 85.2 Å². The molecule has 0 bridgehead atoms. The Morgan fingerprint density at radius 2 is 1.82 bits per heavy atom. The molecule has 1 saturated carbocycles.